The molecule has 3 aromatic rings. The lowest BCUT2D eigenvalue weighted by Crippen LogP contribution is -2.10. The number of pyridine rings is 1. The Balaban J connectivity index is 2.06. The summed E-state index contributed by atoms with van der Waals surface area (Å²) in [5, 5.41) is 7.45. The van der Waals surface area contributed by atoms with Crippen LogP contribution in [0.2, 0.25) is 0 Å². The minimum Gasteiger partial charge on any atom is -0.465 e. The average molecular weight is 295 g/mol. The summed E-state index contributed by atoms with van der Waals surface area (Å²) in [4.78, 5) is 23.3. The summed E-state index contributed by atoms with van der Waals surface area (Å²) < 4.78 is 4.69. The second-order valence-electron chi connectivity index (χ2n) is 4.65. The zero-order valence-electron chi connectivity index (χ0n) is 11.8. The van der Waals surface area contributed by atoms with Gasteiger partial charge in [0.15, 0.2) is 5.82 Å². The van der Waals surface area contributed by atoms with Crippen molar-refractivity contribution < 1.29 is 9.53 Å². The summed E-state index contributed by atoms with van der Waals surface area (Å²) in [6.45, 7) is 0. The monoisotopic (exact) mass is 295 g/mol. The van der Waals surface area contributed by atoms with Crippen molar-refractivity contribution in [1.29, 1.82) is 5.41 Å². The molecule has 0 spiro atoms. The third-order valence-corrected chi connectivity index (χ3v) is 3.22. The Morgan fingerprint density at radius 3 is 2.82 bits per heavy atom. The van der Waals surface area contributed by atoms with Gasteiger partial charge in [-0.25, -0.2) is 9.78 Å². The molecular formula is C15H13N5O2. The van der Waals surface area contributed by atoms with E-state index in [9.17, 15) is 4.79 Å². The van der Waals surface area contributed by atoms with Gasteiger partial charge in [-0.05, 0) is 30.3 Å². The number of nitrogens with two attached hydrogens (primary N) is 1. The largest absolute Gasteiger partial charge is 0.465 e. The molecule has 0 aliphatic carbocycles. The van der Waals surface area contributed by atoms with Gasteiger partial charge in [0.2, 0.25) is 0 Å². The van der Waals surface area contributed by atoms with E-state index in [0.29, 0.717) is 28.2 Å². The van der Waals surface area contributed by atoms with Gasteiger partial charge in [0.1, 0.15) is 11.5 Å². The van der Waals surface area contributed by atoms with Gasteiger partial charge >= 0.3 is 5.97 Å². The minimum absolute atomic E-state index is 0.0164. The van der Waals surface area contributed by atoms with E-state index >= 15 is 0 Å². The van der Waals surface area contributed by atoms with Crippen molar-refractivity contribution in [1.82, 2.24) is 15.0 Å². The van der Waals surface area contributed by atoms with Gasteiger partial charge in [0, 0.05) is 11.8 Å². The normalized spacial score (nSPS) is 10.6. The quantitative estimate of drug-likeness (QED) is 0.386. The van der Waals surface area contributed by atoms with E-state index in [1.807, 2.05) is 0 Å². The molecule has 4 N–H and O–H groups in total. The van der Waals surface area contributed by atoms with Crippen molar-refractivity contribution in [2.24, 2.45) is 5.73 Å². The molecule has 0 saturated heterocycles. The molecular weight excluding hydrogens is 282 g/mol. The molecule has 0 fully saturated rings. The van der Waals surface area contributed by atoms with Gasteiger partial charge in [-0.2, -0.15) is 0 Å². The van der Waals surface area contributed by atoms with Gasteiger partial charge < -0.3 is 15.5 Å². The van der Waals surface area contributed by atoms with E-state index in [-0.39, 0.29) is 5.84 Å². The fourth-order valence-electron chi connectivity index (χ4n) is 2.10. The number of H-pyrrole nitrogens is 1. The minimum atomic E-state index is -0.432. The number of carbonyl (C=O) groups excluding carboxylic acids is 1. The summed E-state index contributed by atoms with van der Waals surface area (Å²) in [7, 11) is 1.33. The van der Waals surface area contributed by atoms with E-state index in [0.717, 1.165) is 5.52 Å². The smallest absolute Gasteiger partial charge is 0.337 e. The number of aromatic nitrogens is 3. The number of amidine groups is 1. The van der Waals surface area contributed by atoms with Gasteiger partial charge in [-0.15, -0.1) is 0 Å². The van der Waals surface area contributed by atoms with Crippen LogP contribution in [-0.2, 0) is 4.74 Å². The molecule has 0 unspecified atom stereocenters. The summed E-state index contributed by atoms with van der Waals surface area (Å²) in [6.07, 6.45) is 1.52. The number of nitrogens with one attached hydrogen (secondary N) is 2. The second kappa shape index (κ2) is 5.28. The Kier molecular flexibility index (Phi) is 3.30. The Hall–Kier alpha value is -3.22. The zero-order valence-corrected chi connectivity index (χ0v) is 11.8. The highest BCUT2D eigenvalue weighted by Crippen LogP contribution is 2.20. The fourth-order valence-corrected chi connectivity index (χ4v) is 2.10. The van der Waals surface area contributed by atoms with E-state index < -0.39 is 5.97 Å². The predicted octanol–water partition coefficient (Wildman–Crippen LogP) is 1.70. The molecule has 0 saturated carbocycles. The summed E-state index contributed by atoms with van der Waals surface area (Å²) in [6, 6.07) is 8.45. The molecule has 1 aromatic carbocycles. The van der Waals surface area contributed by atoms with Crippen LogP contribution < -0.4 is 5.73 Å². The Morgan fingerprint density at radius 2 is 2.09 bits per heavy atom. The molecule has 2 aromatic heterocycles. The molecule has 0 aliphatic rings. The van der Waals surface area contributed by atoms with Crippen LogP contribution in [0.3, 0.4) is 0 Å². The number of methoxy groups -OCH3 is 1. The summed E-state index contributed by atoms with van der Waals surface area (Å²) in [5.41, 5.74) is 8.47. The van der Waals surface area contributed by atoms with Crippen LogP contribution in [0.4, 0.5) is 0 Å². The molecule has 22 heavy (non-hydrogen) atoms. The Bertz CT molecular complexity index is 885. The van der Waals surface area contributed by atoms with E-state index in [4.69, 9.17) is 15.9 Å². The first-order valence-electron chi connectivity index (χ1n) is 6.47. The van der Waals surface area contributed by atoms with Gasteiger partial charge in [-0.3, -0.25) is 10.4 Å². The maximum absolute atomic E-state index is 11.6. The lowest BCUT2D eigenvalue weighted by Gasteiger charge is -2.00. The number of ether oxygens (including phenoxy) is 1. The highest BCUT2D eigenvalue weighted by Gasteiger charge is 2.11. The number of fused-ring (bicyclic) bond motifs is 1. The number of hydrogen-bond acceptors (Lipinski definition) is 5. The molecule has 0 bridgehead atoms. The highest BCUT2D eigenvalue weighted by molar-refractivity contribution is 5.98. The van der Waals surface area contributed by atoms with Gasteiger partial charge in [-0.1, -0.05) is 0 Å². The first-order valence-corrected chi connectivity index (χ1v) is 6.47. The number of imidazole rings is 1. The SMILES string of the molecule is COC(=O)c1ccnc(-c2nc3cc(C(=N)N)ccc3[nH]2)c1. The van der Waals surface area contributed by atoms with Gasteiger partial charge in [0.25, 0.3) is 0 Å². The number of aromatic amines is 1. The topological polar surface area (TPSA) is 118 Å². The number of carbonyl (C=O) groups is 1. The maximum atomic E-state index is 11.6. The standard InChI is InChI=1S/C15H13N5O2/c1-22-15(21)9-4-5-18-12(7-9)14-19-10-3-2-8(13(16)17)6-11(10)20-14/h2-7H,1H3,(H3,16,17)(H,19,20). The first kappa shape index (κ1) is 13.7. The van der Waals surface area contributed by atoms with E-state index in [1.54, 1.807) is 30.3 Å². The van der Waals surface area contributed by atoms with Gasteiger partial charge in [0.05, 0.1) is 23.7 Å². The van der Waals surface area contributed by atoms with Crippen molar-refractivity contribution in [2.75, 3.05) is 7.11 Å². The number of hydrogen-bond donors (Lipinski definition) is 3. The predicted molar refractivity (Wildman–Crippen MR) is 81.7 cm³/mol. The van der Waals surface area contributed by atoms with Crippen LogP contribution in [0.1, 0.15) is 15.9 Å². The number of nitrogen functional groups attached to an aromatic ring is 1. The van der Waals surface area contributed by atoms with E-state index in [1.165, 1.54) is 13.3 Å². The average Bonchev–Trinajstić information content (AvgIpc) is 2.97. The van der Waals surface area contributed by atoms with Crippen LogP contribution >= 0.6 is 0 Å². The van der Waals surface area contributed by atoms with E-state index in [2.05, 4.69) is 15.0 Å². The van der Waals surface area contributed by atoms with Crippen molar-refractivity contribution >= 4 is 22.8 Å². The lowest BCUT2D eigenvalue weighted by atomic mass is 10.2. The third kappa shape index (κ3) is 2.39. The number of rotatable bonds is 3. The van der Waals surface area contributed by atoms with Crippen LogP contribution in [0.25, 0.3) is 22.6 Å². The van der Waals surface area contributed by atoms with Crippen LogP contribution in [-0.4, -0.2) is 33.9 Å². The summed E-state index contributed by atoms with van der Waals surface area (Å²) in [5.74, 6) is 0.0809. The molecule has 0 atom stereocenters. The number of esters is 1. The Morgan fingerprint density at radius 1 is 1.27 bits per heavy atom. The van der Waals surface area contributed by atoms with Crippen molar-refractivity contribution in [3.8, 4) is 11.5 Å². The first-order chi connectivity index (χ1) is 10.6. The summed E-state index contributed by atoms with van der Waals surface area (Å²) >= 11 is 0. The molecule has 7 heteroatoms. The third-order valence-electron chi connectivity index (χ3n) is 3.22. The van der Waals surface area contributed by atoms with Crippen LogP contribution in [0, 0.1) is 5.41 Å². The van der Waals surface area contributed by atoms with Crippen LogP contribution in [0.5, 0.6) is 0 Å². The van der Waals surface area contributed by atoms with Crippen molar-refractivity contribution in [3.05, 3.63) is 47.7 Å². The molecule has 3 rings (SSSR count). The number of benzene rings is 1. The molecule has 0 radical (unpaired) electrons. The number of nitrogens with zero attached hydrogens (tertiary/aromatic N) is 2. The zero-order chi connectivity index (χ0) is 15.7. The Labute approximate surface area is 125 Å². The highest BCUT2D eigenvalue weighted by atomic mass is 16.5. The second-order valence-corrected chi connectivity index (χ2v) is 4.65. The lowest BCUT2D eigenvalue weighted by molar-refractivity contribution is 0.0600. The van der Waals surface area contributed by atoms with Crippen molar-refractivity contribution in [3.63, 3.8) is 0 Å². The molecule has 2 heterocycles. The fraction of sp³-hybridized carbons (Fsp3) is 0.0667. The molecule has 0 amide bonds. The molecule has 0 aliphatic heterocycles. The molecule has 7 nitrogen and oxygen atoms in total. The van der Waals surface area contributed by atoms with Crippen molar-refractivity contribution in [2.45, 2.75) is 0 Å². The van der Waals surface area contributed by atoms with Crippen LogP contribution in [0.15, 0.2) is 36.5 Å². The maximum Gasteiger partial charge on any atom is 0.337 e. The molecule has 110 valence electrons.